The molecule has 7 aromatic rings. The van der Waals surface area contributed by atoms with Crippen molar-refractivity contribution in [2.75, 3.05) is 23.9 Å². The number of rotatable bonds is 20. The number of nitrogens with zero attached hydrogens (tertiary/aromatic N) is 7. The van der Waals surface area contributed by atoms with E-state index in [-0.39, 0.29) is 43.4 Å². The van der Waals surface area contributed by atoms with Gasteiger partial charge in [-0.05, 0) is 92.8 Å². The number of hydrogen-bond acceptors (Lipinski definition) is 17. The Balaban J connectivity index is 0.000000213. The van der Waals surface area contributed by atoms with Crippen LogP contribution in [0.15, 0.2) is 136 Å². The number of aliphatic hydroxyl groups is 2. The maximum atomic E-state index is 13.9. The van der Waals surface area contributed by atoms with Crippen LogP contribution in [0.3, 0.4) is 0 Å². The summed E-state index contributed by atoms with van der Waals surface area (Å²) in [5.41, 5.74) is 6.28. The topological polar surface area (TPSA) is 288 Å². The van der Waals surface area contributed by atoms with E-state index in [0.717, 1.165) is 56.6 Å². The van der Waals surface area contributed by atoms with Crippen molar-refractivity contribution in [3.05, 3.63) is 191 Å². The van der Waals surface area contributed by atoms with E-state index >= 15 is 0 Å². The summed E-state index contributed by atoms with van der Waals surface area (Å²) in [4.78, 5) is 99.3. The molecule has 1 fully saturated rings. The molecule has 22 nitrogen and oxygen atoms in total. The number of hydrogen-bond donors (Lipinski definition) is 7. The monoisotopic (exact) mass is 1210 g/mol. The van der Waals surface area contributed by atoms with Crippen LogP contribution in [0.5, 0.6) is 0 Å². The van der Waals surface area contributed by atoms with Crippen molar-refractivity contribution in [2.24, 2.45) is 5.92 Å². The molecular formula is C62H74N12O10S2. The molecule has 2 aromatic carbocycles. The zero-order valence-corrected chi connectivity index (χ0v) is 50.7. The molecule has 24 heteroatoms. The Bertz CT molecular complexity index is 3540. The number of fused-ring (bicyclic) bond motifs is 2. The number of pyridine rings is 2. The van der Waals surface area contributed by atoms with E-state index in [4.69, 9.17) is 14.6 Å². The highest BCUT2D eigenvalue weighted by Crippen LogP contribution is 2.43. The van der Waals surface area contributed by atoms with E-state index in [2.05, 4.69) is 64.9 Å². The second-order valence-electron chi connectivity index (χ2n) is 21.9. The van der Waals surface area contributed by atoms with Crippen molar-refractivity contribution in [3.63, 3.8) is 0 Å². The molecule has 6 atom stereocenters. The van der Waals surface area contributed by atoms with E-state index in [1.54, 1.807) is 67.6 Å². The summed E-state index contributed by atoms with van der Waals surface area (Å²) in [6, 6.07) is 22.7. The van der Waals surface area contributed by atoms with Gasteiger partial charge in [-0.3, -0.25) is 28.9 Å². The highest BCUT2D eigenvalue weighted by atomic mass is 32.1. The fourth-order valence-corrected chi connectivity index (χ4v) is 10.9. The number of aromatic amines is 1. The molecule has 10 rings (SSSR count). The molecule has 0 radical (unpaired) electrons. The number of urea groups is 1. The Hall–Kier alpha value is -8.42. The first-order chi connectivity index (χ1) is 41.3. The van der Waals surface area contributed by atoms with Crippen LogP contribution in [0.25, 0.3) is 0 Å². The Morgan fingerprint density at radius 3 is 2.21 bits per heavy atom. The number of aryl methyl sites for hydroxylation is 2. The molecule has 7 heterocycles. The zero-order valence-electron chi connectivity index (χ0n) is 49.1. The summed E-state index contributed by atoms with van der Waals surface area (Å²) in [5.74, 6) is 1.12. The Kier molecular flexibility index (Phi) is 22.2. The second kappa shape index (κ2) is 30.1. The summed E-state index contributed by atoms with van der Waals surface area (Å²) in [5, 5.41) is 35.3. The summed E-state index contributed by atoms with van der Waals surface area (Å²) >= 11 is 2.95. The third-order valence-corrected chi connectivity index (χ3v) is 16.3. The van der Waals surface area contributed by atoms with Crippen molar-refractivity contribution in [1.82, 2.24) is 50.3 Å². The Morgan fingerprint density at radius 1 is 0.860 bits per heavy atom. The molecule has 0 unspecified atom stereocenters. The number of aromatic nitrogens is 6. The minimum Gasteiger partial charge on any atom is -0.444 e. The lowest BCUT2D eigenvalue weighted by Crippen LogP contribution is -2.55. The van der Waals surface area contributed by atoms with Gasteiger partial charge < -0.3 is 50.8 Å². The summed E-state index contributed by atoms with van der Waals surface area (Å²) in [7, 11) is 1.68. The normalized spacial score (nSPS) is 16.4. The van der Waals surface area contributed by atoms with Crippen LogP contribution in [0, 0.1) is 19.8 Å². The maximum absolute atomic E-state index is 13.9. The van der Waals surface area contributed by atoms with Crippen molar-refractivity contribution in [1.29, 1.82) is 0 Å². The van der Waals surface area contributed by atoms with Crippen LogP contribution in [0.4, 0.5) is 26.9 Å². The van der Waals surface area contributed by atoms with Gasteiger partial charge >= 0.3 is 17.8 Å². The van der Waals surface area contributed by atoms with Crippen LogP contribution < -0.4 is 37.4 Å². The minimum absolute atomic E-state index is 0.0671. The van der Waals surface area contributed by atoms with E-state index in [1.165, 1.54) is 27.0 Å². The fourth-order valence-electron chi connectivity index (χ4n) is 9.52. The molecule has 7 N–H and O–H groups in total. The third-order valence-electron chi connectivity index (χ3n) is 14.3. The minimum atomic E-state index is -1.05. The molecule has 86 heavy (non-hydrogen) atoms. The lowest BCUT2D eigenvalue weighted by Gasteiger charge is -2.30. The highest BCUT2D eigenvalue weighted by Gasteiger charge is 2.38. The number of amides is 5. The van der Waals surface area contributed by atoms with E-state index in [0.29, 0.717) is 48.3 Å². The summed E-state index contributed by atoms with van der Waals surface area (Å²) in [6.07, 6.45) is 10.4. The first-order valence-electron chi connectivity index (χ1n) is 28.5. The number of H-pyrrole nitrogens is 1. The van der Waals surface area contributed by atoms with Crippen LogP contribution in [-0.2, 0) is 40.3 Å². The number of alkyl carbamates (subject to hydrolysis) is 1. The number of carbonyl (C=O) groups excluding carboxylic acids is 4. The van der Waals surface area contributed by atoms with Gasteiger partial charge in [-0.15, -0.1) is 22.7 Å². The molecular weight excluding hydrogens is 1140 g/mol. The number of nitrogens with one attached hydrogen (secondary N) is 5. The largest absolute Gasteiger partial charge is 0.444 e. The molecule has 3 aliphatic rings. The smallest absolute Gasteiger partial charge is 0.407 e. The highest BCUT2D eigenvalue weighted by molar-refractivity contribution is 7.09. The van der Waals surface area contributed by atoms with Crippen molar-refractivity contribution >= 4 is 63.9 Å². The first-order valence-corrected chi connectivity index (χ1v) is 30.2. The molecule has 5 amide bonds. The quantitative estimate of drug-likeness (QED) is 0.0358. The second-order valence-corrected chi connectivity index (χ2v) is 23.8. The van der Waals surface area contributed by atoms with Crippen LogP contribution in [-0.4, -0.2) is 119 Å². The van der Waals surface area contributed by atoms with Gasteiger partial charge in [0.1, 0.15) is 24.6 Å². The van der Waals surface area contributed by atoms with Gasteiger partial charge in [0.25, 0.3) is 11.5 Å². The van der Waals surface area contributed by atoms with Gasteiger partial charge in [-0.1, -0.05) is 94.4 Å². The Labute approximate surface area is 506 Å². The summed E-state index contributed by atoms with van der Waals surface area (Å²) < 4.78 is 12.1. The van der Waals surface area contributed by atoms with E-state index in [1.807, 2.05) is 98.9 Å². The standard InChI is InChI=1S/C37H48N6O5S2.C15H14N4O.C10H12N2O4/c1-24(2)33(42-36(46)43(5)20-29-22-49-35(40-29)25(3)4)34(45)39-28(16-26-12-8-6-9-13-26)18-32(44)31(17-27-14-10-7-11-15-27)41-37(47)48-21-30-19-38-23-50-30;1-9-6-8-17-14-12(9)18-15(20)11-3-2-7-16-13(11)19(14)10-4-5-10;1-6-4-12(10(15)11-9(6)14)8-3-2-7(5-13)16-8/h6-15,19,22-25,28,31-33,44H,16-18,20-21H2,1-5H3,(H,39,45)(H,41,47)(H,42,46);2-3,6-8,10H,4-5H2,1H3,(H,18,20);2-4,7-8,13H,5H2,1H3,(H,11,14,15)/t28-,31-,32-,33-;;7-,8+/m0.0/s1. The van der Waals surface area contributed by atoms with Gasteiger partial charge in [0, 0.05) is 60.8 Å². The van der Waals surface area contributed by atoms with Crippen LogP contribution in [0.2, 0.25) is 0 Å². The predicted molar refractivity (Wildman–Crippen MR) is 329 cm³/mol. The fraction of sp³-hybridized carbons (Fsp3) is 0.387. The van der Waals surface area contributed by atoms with Gasteiger partial charge in [0.2, 0.25) is 5.91 Å². The maximum Gasteiger partial charge on any atom is 0.407 e. The number of thiazole rings is 2. The molecule has 0 spiro atoms. The first kappa shape index (κ1) is 63.6. The van der Waals surface area contributed by atoms with Crippen molar-refractivity contribution in [3.8, 4) is 0 Å². The van der Waals surface area contributed by atoms with E-state index < -0.39 is 53.9 Å². The van der Waals surface area contributed by atoms with Gasteiger partial charge in [-0.2, -0.15) is 0 Å². The Morgan fingerprint density at radius 2 is 1.57 bits per heavy atom. The number of benzene rings is 2. The van der Waals surface area contributed by atoms with Gasteiger partial charge in [0.05, 0.1) is 57.6 Å². The number of ether oxygens (including phenoxy) is 2. The van der Waals surface area contributed by atoms with Gasteiger partial charge in [0.15, 0.2) is 12.0 Å². The third kappa shape index (κ3) is 17.4. The SMILES string of the molecule is CC(C)c1nc(CN(C)C(=O)N[C@H](C(=O)N[C@@H](Cc2ccccc2)C[C@H](O)[C@H](Cc2ccccc2)NC(=O)OCc2cncs2)C(C)C)cs1.Cc1ccnc2c1NC(=O)c1cccnc1N2C1CC1.Cc1cn([C@H]2C=C[C@@H](CO)O2)c(=O)[nH]c1=O. The zero-order chi connectivity index (χ0) is 61.4. The van der Waals surface area contributed by atoms with Crippen LogP contribution in [0.1, 0.15) is 107 Å². The number of carbonyl (C=O) groups is 4. The molecule has 454 valence electrons. The molecule has 2 aliphatic heterocycles. The van der Waals surface area contributed by atoms with Crippen molar-refractivity contribution < 1.29 is 38.9 Å². The van der Waals surface area contributed by atoms with Crippen molar-refractivity contribution in [2.45, 2.75) is 135 Å². The van der Waals surface area contributed by atoms with Crippen LogP contribution >= 0.6 is 22.7 Å². The number of aliphatic hydroxyl groups excluding tert-OH is 2. The molecule has 5 aromatic heterocycles. The number of anilines is 3. The summed E-state index contributed by atoms with van der Waals surface area (Å²) in [6.45, 7) is 11.7. The van der Waals surface area contributed by atoms with Gasteiger partial charge in [-0.25, -0.2) is 29.3 Å². The predicted octanol–water partition coefficient (Wildman–Crippen LogP) is 7.85. The molecule has 1 saturated carbocycles. The molecule has 0 saturated heterocycles. The lowest BCUT2D eigenvalue weighted by atomic mass is 9.93. The molecule has 1 aliphatic carbocycles. The van der Waals surface area contributed by atoms with E-state index in [9.17, 15) is 33.9 Å². The average Bonchev–Trinajstić information content (AvgIpc) is 2.15. The molecule has 0 bridgehead atoms. The lowest BCUT2D eigenvalue weighted by molar-refractivity contribution is -0.124. The average molecular weight is 1210 g/mol.